The Balaban J connectivity index is 3.25. The zero-order valence-corrected chi connectivity index (χ0v) is 13.0. The van der Waals surface area contributed by atoms with Crippen molar-refractivity contribution in [3.8, 4) is 6.07 Å². The zero-order valence-electron chi connectivity index (χ0n) is 12.2. The highest BCUT2D eigenvalue weighted by molar-refractivity contribution is 6.30. The van der Waals surface area contributed by atoms with Gasteiger partial charge in [-0.25, -0.2) is 9.97 Å². The first-order chi connectivity index (χ1) is 8.88. The molecule has 4 nitrogen and oxygen atoms in total. The van der Waals surface area contributed by atoms with Crippen molar-refractivity contribution in [2.75, 3.05) is 11.4 Å². The number of anilines is 1. The Morgan fingerprint density at radius 3 is 2.37 bits per heavy atom. The summed E-state index contributed by atoms with van der Waals surface area (Å²) >= 11 is 6.20. The van der Waals surface area contributed by atoms with Gasteiger partial charge < -0.3 is 4.90 Å². The molecule has 0 amide bonds. The van der Waals surface area contributed by atoms with E-state index in [1.165, 1.54) is 0 Å². The van der Waals surface area contributed by atoms with Crippen LogP contribution in [0.2, 0.25) is 5.15 Å². The fourth-order valence-corrected chi connectivity index (χ4v) is 1.98. The second-order valence-corrected chi connectivity index (χ2v) is 5.53. The van der Waals surface area contributed by atoms with Crippen LogP contribution in [0.3, 0.4) is 0 Å². The number of nitriles is 1. The molecule has 19 heavy (non-hydrogen) atoms. The van der Waals surface area contributed by atoms with Gasteiger partial charge in [0.15, 0.2) is 0 Å². The van der Waals surface area contributed by atoms with E-state index < -0.39 is 0 Å². The van der Waals surface area contributed by atoms with Gasteiger partial charge in [0.25, 0.3) is 0 Å². The van der Waals surface area contributed by atoms with E-state index in [2.05, 4.69) is 34.8 Å². The average molecular weight is 281 g/mol. The van der Waals surface area contributed by atoms with Crippen molar-refractivity contribution in [3.05, 3.63) is 16.5 Å². The van der Waals surface area contributed by atoms with Crippen molar-refractivity contribution in [2.45, 2.75) is 53.0 Å². The Kier molecular flexibility index (Phi) is 5.56. The summed E-state index contributed by atoms with van der Waals surface area (Å²) in [6.45, 7) is 10.8. The molecule has 0 N–H and O–H groups in total. The highest BCUT2D eigenvalue weighted by atomic mass is 35.5. The molecule has 0 unspecified atom stereocenters. The molecule has 104 valence electrons. The first kappa shape index (κ1) is 15.7. The normalized spacial score (nSPS) is 10.9. The third-order valence-corrected chi connectivity index (χ3v) is 3.32. The van der Waals surface area contributed by atoms with E-state index in [4.69, 9.17) is 16.9 Å². The minimum atomic E-state index is 0.224. The van der Waals surface area contributed by atoms with Crippen LogP contribution in [0.15, 0.2) is 0 Å². The second-order valence-electron chi connectivity index (χ2n) is 5.17. The molecule has 0 spiro atoms. The van der Waals surface area contributed by atoms with Crippen LogP contribution in [0.25, 0.3) is 0 Å². The summed E-state index contributed by atoms with van der Waals surface area (Å²) in [6.07, 6.45) is 0.469. The van der Waals surface area contributed by atoms with Crippen molar-refractivity contribution < 1.29 is 0 Å². The van der Waals surface area contributed by atoms with E-state index in [1.54, 1.807) is 0 Å². The summed E-state index contributed by atoms with van der Waals surface area (Å²) in [5.74, 6) is 1.81. The summed E-state index contributed by atoms with van der Waals surface area (Å²) in [5, 5.41) is 9.27. The maximum absolute atomic E-state index is 8.78. The fourth-order valence-electron chi connectivity index (χ4n) is 1.81. The van der Waals surface area contributed by atoms with Gasteiger partial charge in [0.2, 0.25) is 0 Å². The van der Waals surface area contributed by atoms with Gasteiger partial charge in [0.05, 0.1) is 12.5 Å². The van der Waals surface area contributed by atoms with E-state index in [0.717, 1.165) is 17.2 Å². The van der Waals surface area contributed by atoms with E-state index >= 15 is 0 Å². The number of aromatic nitrogens is 2. The molecule has 0 radical (unpaired) electrons. The minimum absolute atomic E-state index is 0.224. The summed E-state index contributed by atoms with van der Waals surface area (Å²) in [6, 6.07) is 2.44. The Bertz CT molecular complexity index is 477. The van der Waals surface area contributed by atoms with E-state index in [-0.39, 0.29) is 12.0 Å². The molecule has 0 bridgehead atoms. The van der Waals surface area contributed by atoms with Crippen LogP contribution in [0.4, 0.5) is 5.82 Å². The Labute approximate surface area is 120 Å². The number of halogens is 1. The van der Waals surface area contributed by atoms with Gasteiger partial charge in [-0.3, -0.25) is 0 Å². The van der Waals surface area contributed by atoms with Crippen LogP contribution in [0, 0.1) is 18.3 Å². The Morgan fingerprint density at radius 2 is 1.89 bits per heavy atom. The maximum Gasteiger partial charge on any atom is 0.137 e. The quantitative estimate of drug-likeness (QED) is 0.772. The molecule has 1 heterocycles. The summed E-state index contributed by atoms with van der Waals surface area (Å²) in [4.78, 5) is 11.1. The molecular formula is C14H21ClN4. The molecule has 0 fully saturated rings. The van der Waals surface area contributed by atoms with Crippen molar-refractivity contribution in [3.63, 3.8) is 0 Å². The van der Waals surface area contributed by atoms with Gasteiger partial charge >= 0.3 is 0 Å². The molecule has 1 aromatic heterocycles. The van der Waals surface area contributed by atoms with Gasteiger partial charge in [-0.2, -0.15) is 5.26 Å². The smallest absolute Gasteiger partial charge is 0.137 e. The maximum atomic E-state index is 8.78. The SMILES string of the molecule is Cc1c(Cl)nc(C(C)C)nc1N(CCC#N)C(C)C. The summed E-state index contributed by atoms with van der Waals surface area (Å²) in [5.41, 5.74) is 0.873. The van der Waals surface area contributed by atoms with Gasteiger partial charge in [-0.1, -0.05) is 25.4 Å². The van der Waals surface area contributed by atoms with Crippen LogP contribution < -0.4 is 4.90 Å². The van der Waals surface area contributed by atoms with Crippen LogP contribution in [0.1, 0.15) is 51.4 Å². The van der Waals surface area contributed by atoms with Crippen LogP contribution >= 0.6 is 11.6 Å². The molecule has 0 aliphatic carbocycles. The van der Waals surface area contributed by atoms with Crippen molar-refractivity contribution in [2.24, 2.45) is 0 Å². The summed E-state index contributed by atoms with van der Waals surface area (Å²) in [7, 11) is 0. The predicted octanol–water partition coefficient (Wildman–Crippen LogP) is 3.69. The van der Waals surface area contributed by atoms with Gasteiger partial charge in [0, 0.05) is 24.1 Å². The average Bonchev–Trinajstić information content (AvgIpc) is 2.33. The molecule has 0 saturated heterocycles. The van der Waals surface area contributed by atoms with E-state index in [9.17, 15) is 0 Å². The van der Waals surface area contributed by atoms with Crippen molar-refractivity contribution >= 4 is 17.4 Å². The molecule has 0 atom stereocenters. The summed E-state index contributed by atoms with van der Waals surface area (Å²) < 4.78 is 0. The molecule has 1 rings (SSSR count). The second kappa shape index (κ2) is 6.72. The monoisotopic (exact) mass is 280 g/mol. The lowest BCUT2D eigenvalue weighted by Crippen LogP contribution is -2.33. The van der Waals surface area contributed by atoms with Gasteiger partial charge in [-0.05, 0) is 20.8 Å². The minimum Gasteiger partial charge on any atom is -0.353 e. The first-order valence-corrected chi connectivity index (χ1v) is 6.93. The molecule has 0 saturated carbocycles. The number of hydrogen-bond donors (Lipinski definition) is 0. The van der Waals surface area contributed by atoms with Gasteiger partial charge in [-0.15, -0.1) is 0 Å². The lowest BCUT2D eigenvalue weighted by atomic mass is 10.2. The van der Waals surface area contributed by atoms with Crippen LogP contribution in [-0.2, 0) is 0 Å². The number of nitrogens with zero attached hydrogens (tertiary/aromatic N) is 4. The highest BCUT2D eigenvalue weighted by Crippen LogP contribution is 2.27. The molecule has 5 heteroatoms. The predicted molar refractivity (Wildman–Crippen MR) is 78.6 cm³/mol. The first-order valence-electron chi connectivity index (χ1n) is 6.56. The lowest BCUT2D eigenvalue weighted by molar-refractivity contribution is 0.663. The number of rotatable bonds is 5. The van der Waals surface area contributed by atoms with Crippen LogP contribution in [0.5, 0.6) is 0 Å². The van der Waals surface area contributed by atoms with Crippen molar-refractivity contribution in [1.29, 1.82) is 5.26 Å². The molecular weight excluding hydrogens is 260 g/mol. The van der Waals surface area contributed by atoms with Crippen LogP contribution in [-0.4, -0.2) is 22.6 Å². The van der Waals surface area contributed by atoms with E-state index in [1.807, 2.05) is 20.8 Å². The third kappa shape index (κ3) is 3.81. The third-order valence-electron chi connectivity index (χ3n) is 2.95. The Hall–Kier alpha value is -1.34. The molecule has 1 aromatic rings. The molecule has 0 aromatic carbocycles. The van der Waals surface area contributed by atoms with Crippen molar-refractivity contribution in [1.82, 2.24) is 9.97 Å². The molecule has 0 aliphatic rings. The Morgan fingerprint density at radius 1 is 1.26 bits per heavy atom. The standard InChI is InChI=1S/C14H21ClN4/c1-9(2)13-17-12(15)11(5)14(18-13)19(10(3)4)8-6-7-16/h9-10H,6,8H2,1-5H3. The largest absolute Gasteiger partial charge is 0.353 e. The molecule has 0 aliphatic heterocycles. The number of hydrogen-bond acceptors (Lipinski definition) is 4. The lowest BCUT2D eigenvalue weighted by Gasteiger charge is -2.29. The zero-order chi connectivity index (χ0) is 14.6. The topological polar surface area (TPSA) is 52.8 Å². The van der Waals surface area contributed by atoms with E-state index in [0.29, 0.717) is 18.1 Å². The van der Waals surface area contributed by atoms with Gasteiger partial charge in [0.1, 0.15) is 16.8 Å². The fraction of sp³-hybridized carbons (Fsp3) is 0.643. The highest BCUT2D eigenvalue weighted by Gasteiger charge is 2.19.